The van der Waals surface area contributed by atoms with Gasteiger partial charge in [-0.2, -0.15) is 0 Å². The molecule has 5 heteroatoms. The lowest BCUT2D eigenvalue weighted by Gasteiger charge is -2.15. The zero-order valence-electron chi connectivity index (χ0n) is 11.6. The van der Waals surface area contributed by atoms with Crippen LogP contribution in [0.4, 0.5) is 11.6 Å². The van der Waals surface area contributed by atoms with E-state index in [9.17, 15) is 5.11 Å². The number of rotatable bonds is 6. The minimum atomic E-state index is -0.372. The summed E-state index contributed by atoms with van der Waals surface area (Å²) in [6.07, 6.45) is 0.397. The molecular weight excluding hydrogens is 228 g/mol. The van der Waals surface area contributed by atoms with E-state index in [1.807, 2.05) is 13.8 Å². The third-order valence-corrected chi connectivity index (χ3v) is 2.54. The molecule has 1 atom stereocenters. The molecule has 102 valence electrons. The number of aliphatic hydroxyl groups is 1. The van der Waals surface area contributed by atoms with E-state index < -0.39 is 0 Å². The summed E-state index contributed by atoms with van der Waals surface area (Å²) >= 11 is 0. The molecule has 0 saturated carbocycles. The first-order chi connectivity index (χ1) is 8.38. The van der Waals surface area contributed by atoms with Gasteiger partial charge in [0.25, 0.3) is 0 Å². The van der Waals surface area contributed by atoms with Crippen LogP contribution in [0.2, 0.25) is 0 Å². The topological polar surface area (TPSA) is 84.1 Å². The van der Waals surface area contributed by atoms with Crippen molar-refractivity contribution in [2.75, 3.05) is 17.6 Å². The van der Waals surface area contributed by atoms with Gasteiger partial charge in [-0.1, -0.05) is 27.7 Å². The molecule has 5 nitrogen and oxygen atoms in total. The van der Waals surface area contributed by atoms with Gasteiger partial charge in [-0.15, -0.1) is 0 Å². The Morgan fingerprint density at radius 2 is 1.94 bits per heavy atom. The minimum Gasteiger partial charge on any atom is -0.391 e. The molecule has 0 bridgehead atoms. The largest absolute Gasteiger partial charge is 0.391 e. The fraction of sp³-hybridized carbons (Fsp3) is 0.692. The molecule has 4 N–H and O–H groups in total. The van der Waals surface area contributed by atoms with Crippen molar-refractivity contribution in [3.63, 3.8) is 0 Å². The van der Waals surface area contributed by atoms with E-state index in [0.717, 1.165) is 12.2 Å². The maximum absolute atomic E-state index is 9.79. The molecule has 1 aromatic rings. The van der Waals surface area contributed by atoms with Gasteiger partial charge in [-0.3, -0.25) is 0 Å². The molecule has 0 aliphatic heterocycles. The molecule has 18 heavy (non-hydrogen) atoms. The number of nitrogens with two attached hydrogens (primary N) is 1. The summed E-state index contributed by atoms with van der Waals surface area (Å²) in [7, 11) is 0. The Bertz CT molecular complexity index is 379. The molecule has 0 aliphatic rings. The van der Waals surface area contributed by atoms with E-state index in [-0.39, 0.29) is 12.0 Å². The fourth-order valence-electron chi connectivity index (χ4n) is 1.68. The second-order valence-corrected chi connectivity index (χ2v) is 5.36. The lowest BCUT2D eigenvalue weighted by atomic mass is 10.1. The first-order valence-electron chi connectivity index (χ1n) is 6.45. The predicted molar refractivity (Wildman–Crippen MR) is 74.5 cm³/mol. The third kappa shape index (κ3) is 4.87. The van der Waals surface area contributed by atoms with E-state index in [0.29, 0.717) is 24.1 Å². The van der Waals surface area contributed by atoms with Crippen molar-refractivity contribution < 1.29 is 5.11 Å². The molecular formula is C13H24N4O. The monoisotopic (exact) mass is 252 g/mol. The predicted octanol–water partition coefficient (Wildman–Crippen LogP) is 2.00. The Morgan fingerprint density at radius 3 is 2.50 bits per heavy atom. The van der Waals surface area contributed by atoms with Gasteiger partial charge in [-0.05, 0) is 12.3 Å². The maximum atomic E-state index is 9.79. The highest BCUT2D eigenvalue weighted by Crippen LogP contribution is 2.15. The first-order valence-corrected chi connectivity index (χ1v) is 6.45. The van der Waals surface area contributed by atoms with Crippen molar-refractivity contribution in [3.05, 3.63) is 11.9 Å². The van der Waals surface area contributed by atoms with Crippen LogP contribution in [0.5, 0.6) is 0 Å². The van der Waals surface area contributed by atoms with Crippen molar-refractivity contribution in [2.45, 2.75) is 46.1 Å². The molecule has 0 radical (unpaired) electrons. The molecule has 1 unspecified atom stereocenters. The smallest absolute Gasteiger partial charge is 0.135 e. The van der Waals surface area contributed by atoms with Gasteiger partial charge in [0.05, 0.1) is 6.10 Å². The summed E-state index contributed by atoms with van der Waals surface area (Å²) in [5.74, 6) is 2.55. The quantitative estimate of drug-likeness (QED) is 0.721. The van der Waals surface area contributed by atoms with Crippen LogP contribution in [0, 0.1) is 5.92 Å². The maximum Gasteiger partial charge on any atom is 0.135 e. The van der Waals surface area contributed by atoms with Crippen molar-refractivity contribution in [3.8, 4) is 0 Å². The number of nitrogen functional groups attached to an aromatic ring is 1. The van der Waals surface area contributed by atoms with Crippen LogP contribution >= 0.6 is 0 Å². The van der Waals surface area contributed by atoms with E-state index >= 15 is 0 Å². The van der Waals surface area contributed by atoms with Gasteiger partial charge in [0.15, 0.2) is 0 Å². The van der Waals surface area contributed by atoms with Crippen molar-refractivity contribution in [1.82, 2.24) is 9.97 Å². The van der Waals surface area contributed by atoms with Gasteiger partial charge in [0.2, 0.25) is 0 Å². The van der Waals surface area contributed by atoms with Crippen LogP contribution in [0.15, 0.2) is 6.07 Å². The number of aliphatic hydroxyl groups excluding tert-OH is 1. The number of hydrogen-bond acceptors (Lipinski definition) is 5. The van der Waals surface area contributed by atoms with Crippen LogP contribution in [-0.2, 0) is 0 Å². The lowest BCUT2D eigenvalue weighted by Crippen LogP contribution is -2.22. The Kier molecular flexibility index (Phi) is 5.34. The highest BCUT2D eigenvalue weighted by atomic mass is 16.3. The van der Waals surface area contributed by atoms with Crippen LogP contribution < -0.4 is 11.1 Å². The van der Waals surface area contributed by atoms with E-state index in [1.54, 1.807) is 6.07 Å². The van der Waals surface area contributed by atoms with Gasteiger partial charge in [-0.25, -0.2) is 9.97 Å². The lowest BCUT2D eigenvalue weighted by molar-refractivity contribution is 0.161. The van der Waals surface area contributed by atoms with Crippen LogP contribution in [0.25, 0.3) is 0 Å². The van der Waals surface area contributed by atoms with Gasteiger partial charge in [0, 0.05) is 18.5 Å². The SMILES string of the molecule is CC(C)CC(O)CNc1cc(N)nc(C(C)C)n1. The number of aromatic nitrogens is 2. The van der Waals surface area contributed by atoms with E-state index in [2.05, 4.69) is 29.1 Å². The Balaban J connectivity index is 2.62. The van der Waals surface area contributed by atoms with Gasteiger partial charge in [0.1, 0.15) is 17.5 Å². The highest BCUT2D eigenvalue weighted by Gasteiger charge is 2.09. The number of nitrogens with one attached hydrogen (secondary N) is 1. The molecule has 1 heterocycles. The average Bonchev–Trinajstić information content (AvgIpc) is 2.24. The Hall–Kier alpha value is -1.36. The number of nitrogens with zero attached hydrogens (tertiary/aromatic N) is 2. The molecule has 0 aliphatic carbocycles. The van der Waals surface area contributed by atoms with Crippen LogP contribution in [0.3, 0.4) is 0 Å². The molecule has 0 amide bonds. The standard InChI is InChI=1S/C13H24N4O/c1-8(2)5-10(18)7-15-12-6-11(14)16-13(17-12)9(3)4/h6,8-10,18H,5,7H2,1-4H3,(H3,14,15,16,17). The third-order valence-electron chi connectivity index (χ3n) is 2.54. The highest BCUT2D eigenvalue weighted by molar-refractivity contribution is 5.44. The number of hydrogen-bond donors (Lipinski definition) is 3. The summed E-state index contributed by atoms with van der Waals surface area (Å²) in [5.41, 5.74) is 5.73. The summed E-state index contributed by atoms with van der Waals surface area (Å²) in [6.45, 7) is 8.69. The summed E-state index contributed by atoms with van der Waals surface area (Å²) in [6, 6.07) is 1.69. The zero-order valence-corrected chi connectivity index (χ0v) is 11.6. The summed E-state index contributed by atoms with van der Waals surface area (Å²) < 4.78 is 0. The first kappa shape index (κ1) is 14.7. The number of anilines is 2. The normalized spacial score (nSPS) is 13.1. The van der Waals surface area contributed by atoms with Crippen LogP contribution in [0.1, 0.15) is 45.9 Å². The Morgan fingerprint density at radius 1 is 1.28 bits per heavy atom. The van der Waals surface area contributed by atoms with Gasteiger partial charge < -0.3 is 16.2 Å². The van der Waals surface area contributed by atoms with Crippen molar-refractivity contribution in [2.24, 2.45) is 5.92 Å². The van der Waals surface area contributed by atoms with Gasteiger partial charge >= 0.3 is 0 Å². The average molecular weight is 252 g/mol. The summed E-state index contributed by atoms with van der Waals surface area (Å²) in [5, 5.41) is 12.9. The Labute approximate surface area is 109 Å². The summed E-state index contributed by atoms with van der Waals surface area (Å²) in [4.78, 5) is 8.54. The minimum absolute atomic E-state index is 0.231. The van der Waals surface area contributed by atoms with E-state index in [1.165, 1.54) is 0 Å². The van der Waals surface area contributed by atoms with Crippen molar-refractivity contribution in [1.29, 1.82) is 0 Å². The van der Waals surface area contributed by atoms with E-state index in [4.69, 9.17) is 5.73 Å². The van der Waals surface area contributed by atoms with Crippen molar-refractivity contribution >= 4 is 11.6 Å². The molecule has 0 saturated heterocycles. The fourth-order valence-corrected chi connectivity index (χ4v) is 1.68. The molecule has 1 aromatic heterocycles. The molecule has 0 fully saturated rings. The molecule has 1 rings (SSSR count). The zero-order chi connectivity index (χ0) is 13.7. The molecule has 0 spiro atoms. The van der Waals surface area contributed by atoms with Crippen LogP contribution in [-0.4, -0.2) is 27.7 Å². The second-order valence-electron chi connectivity index (χ2n) is 5.36. The molecule has 0 aromatic carbocycles. The second kappa shape index (κ2) is 6.54.